The van der Waals surface area contributed by atoms with Crippen molar-refractivity contribution >= 4 is 58.2 Å². The SMILES string of the molecule is CC1=NN(c2c(Cl)cc(Cl)cc2Cl)C(=O)/C1=C/c1c(C)nn(-c2ccc(C)cc2C)c1C. The van der Waals surface area contributed by atoms with Gasteiger partial charge in [-0.3, -0.25) is 4.79 Å². The van der Waals surface area contributed by atoms with Crippen LogP contribution in [0.2, 0.25) is 15.1 Å². The van der Waals surface area contributed by atoms with E-state index in [1.165, 1.54) is 22.7 Å². The molecule has 2 heterocycles. The fourth-order valence-corrected chi connectivity index (χ4v) is 4.84. The van der Waals surface area contributed by atoms with Gasteiger partial charge in [-0.25, -0.2) is 4.68 Å². The van der Waals surface area contributed by atoms with Crippen LogP contribution < -0.4 is 5.01 Å². The molecule has 1 amide bonds. The van der Waals surface area contributed by atoms with Gasteiger partial charge in [-0.2, -0.15) is 15.2 Å². The van der Waals surface area contributed by atoms with Crippen LogP contribution in [0.3, 0.4) is 0 Å². The number of carbonyl (C=O) groups excluding carboxylic acids is 1. The first-order valence-electron chi connectivity index (χ1n) is 9.98. The molecule has 0 bridgehead atoms. The molecule has 164 valence electrons. The molecule has 0 radical (unpaired) electrons. The predicted molar refractivity (Wildman–Crippen MR) is 133 cm³/mol. The molecule has 3 aromatic rings. The molecule has 0 saturated carbocycles. The van der Waals surface area contributed by atoms with Gasteiger partial charge in [0.15, 0.2) is 0 Å². The Kier molecular flexibility index (Phi) is 5.93. The van der Waals surface area contributed by atoms with Gasteiger partial charge in [0, 0.05) is 16.3 Å². The van der Waals surface area contributed by atoms with E-state index in [4.69, 9.17) is 39.9 Å². The third kappa shape index (κ3) is 3.85. The highest BCUT2D eigenvalue weighted by atomic mass is 35.5. The summed E-state index contributed by atoms with van der Waals surface area (Å²) in [5.41, 5.74) is 7.28. The van der Waals surface area contributed by atoms with Crippen molar-refractivity contribution in [2.24, 2.45) is 5.10 Å². The molecule has 0 unspecified atom stereocenters. The molecule has 0 spiro atoms. The second-order valence-electron chi connectivity index (χ2n) is 7.86. The summed E-state index contributed by atoms with van der Waals surface area (Å²) in [7, 11) is 0. The van der Waals surface area contributed by atoms with E-state index in [1.54, 1.807) is 6.92 Å². The lowest BCUT2D eigenvalue weighted by Crippen LogP contribution is -2.22. The van der Waals surface area contributed by atoms with E-state index in [-0.39, 0.29) is 16.0 Å². The molecule has 0 fully saturated rings. The van der Waals surface area contributed by atoms with Crippen molar-refractivity contribution in [3.8, 4) is 5.69 Å². The van der Waals surface area contributed by atoms with Crippen molar-refractivity contribution in [2.45, 2.75) is 34.6 Å². The average molecular weight is 488 g/mol. The standard InChI is InChI=1S/C24H21Cl3N4O/c1-12-6-7-22(13(2)8-12)30-16(5)18(14(3)28-30)11-19-15(4)29-31(24(19)32)23-20(26)9-17(25)10-21(23)27/h6-11H,1-5H3/b19-11+. The zero-order chi connectivity index (χ0) is 23.3. The lowest BCUT2D eigenvalue weighted by molar-refractivity contribution is -0.114. The van der Waals surface area contributed by atoms with Crippen LogP contribution in [0.15, 0.2) is 41.0 Å². The quantitative estimate of drug-likeness (QED) is 0.378. The van der Waals surface area contributed by atoms with Crippen molar-refractivity contribution in [3.05, 3.63) is 79.1 Å². The second kappa shape index (κ2) is 8.39. The summed E-state index contributed by atoms with van der Waals surface area (Å²) in [6.07, 6.45) is 1.83. The molecule has 2 aromatic carbocycles. The van der Waals surface area contributed by atoms with E-state index in [1.807, 2.05) is 24.6 Å². The molecule has 4 rings (SSSR count). The molecule has 32 heavy (non-hydrogen) atoms. The summed E-state index contributed by atoms with van der Waals surface area (Å²) in [5.74, 6) is -0.313. The summed E-state index contributed by atoms with van der Waals surface area (Å²) in [6, 6.07) is 9.31. The maximum atomic E-state index is 13.3. The predicted octanol–water partition coefficient (Wildman–Crippen LogP) is 6.87. The minimum Gasteiger partial charge on any atom is -0.267 e. The molecule has 0 atom stereocenters. The molecule has 8 heteroatoms. The molecule has 5 nitrogen and oxygen atoms in total. The lowest BCUT2D eigenvalue weighted by Gasteiger charge is -2.15. The highest BCUT2D eigenvalue weighted by Gasteiger charge is 2.32. The summed E-state index contributed by atoms with van der Waals surface area (Å²) < 4.78 is 1.91. The monoisotopic (exact) mass is 486 g/mol. The van der Waals surface area contributed by atoms with Crippen LogP contribution in [0.25, 0.3) is 11.8 Å². The molecule has 1 aromatic heterocycles. The van der Waals surface area contributed by atoms with E-state index in [2.05, 4.69) is 37.1 Å². The van der Waals surface area contributed by atoms with Crippen molar-refractivity contribution in [1.82, 2.24) is 9.78 Å². The molecular weight excluding hydrogens is 467 g/mol. The number of aryl methyl sites for hydroxylation is 3. The van der Waals surface area contributed by atoms with Gasteiger partial charge in [-0.05, 0) is 64.5 Å². The van der Waals surface area contributed by atoms with E-state index >= 15 is 0 Å². The summed E-state index contributed by atoms with van der Waals surface area (Å²) in [4.78, 5) is 13.3. The maximum absolute atomic E-state index is 13.3. The Balaban J connectivity index is 1.77. The zero-order valence-electron chi connectivity index (χ0n) is 18.3. The number of anilines is 1. The number of halogens is 3. The number of nitrogens with zero attached hydrogens (tertiary/aromatic N) is 4. The molecular formula is C24H21Cl3N4O. The van der Waals surface area contributed by atoms with Crippen LogP contribution in [0.5, 0.6) is 0 Å². The molecule has 1 aliphatic rings. The topological polar surface area (TPSA) is 50.5 Å². The fourth-order valence-electron chi connectivity index (χ4n) is 3.86. The zero-order valence-corrected chi connectivity index (χ0v) is 20.6. The van der Waals surface area contributed by atoms with Crippen LogP contribution in [0.4, 0.5) is 5.69 Å². The van der Waals surface area contributed by atoms with Crippen molar-refractivity contribution in [3.63, 3.8) is 0 Å². The van der Waals surface area contributed by atoms with Gasteiger partial charge in [-0.1, -0.05) is 52.5 Å². The number of benzene rings is 2. The van der Waals surface area contributed by atoms with Gasteiger partial charge in [-0.15, -0.1) is 0 Å². The van der Waals surface area contributed by atoms with E-state index in [0.717, 1.165) is 28.2 Å². The first-order chi connectivity index (χ1) is 15.1. The Hall–Kier alpha value is -2.60. The maximum Gasteiger partial charge on any atom is 0.280 e. The van der Waals surface area contributed by atoms with Crippen LogP contribution in [-0.2, 0) is 4.79 Å². The van der Waals surface area contributed by atoms with E-state index in [9.17, 15) is 4.79 Å². The number of aromatic nitrogens is 2. The Bertz CT molecular complexity index is 1310. The van der Waals surface area contributed by atoms with Gasteiger partial charge < -0.3 is 0 Å². The van der Waals surface area contributed by atoms with Gasteiger partial charge in [0.05, 0.1) is 32.7 Å². The Labute approximate surface area is 201 Å². The number of hydrogen-bond acceptors (Lipinski definition) is 3. The van der Waals surface area contributed by atoms with E-state index in [0.29, 0.717) is 22.0 Å². The van der Waals surface area contributed by atoms with Crippen LogP contribution in [-0.4, -0.2) is 21.4 Å². The lowest BCUT2D eigenvalue weighted by atomic mass is 10.1. The summed E-state index contributed by atoms with van der Waals surface area (Å²) in [6.45, 7) is 9.82. The number of hydrogen-bond donors (Lipinski definition) is 0. The van der Waals surface area contributed by atoms with Crippen LogP contribution >= 0.6 is 34.8 Å². The number of rotatable bonds is 3. The minimum absolute atomic E-state index is 0.253. The van der Waals surface area contributed by atoms with Crippen molar-refractivity contribution < 1.29 is 4.79 Å². The number of amides is 1. The minimum atomic E-state index is -0.313. The average Bonchev–Trinajstić information content (AvgIpc) is 3.12. The summed E-state index contributed by atoms with van der Waals surface area (Å²) in [5, 5.41) is 11.3. The molecule has 0 saturated heterocycles. The first-order valence-corrected chi connectivity index (χ1v) is 11.1. The fraction of sp³-hybridized carbons (Fsp3) is 0.208. The second-order valence-corrected chi connectivity index (χ2v) is 9.12. The third-order valence-corrected chi connectivity index (χ3v) is 6.27. The van der Waals surface area contributed by atoms with Gasteiger partial charge in [0.1, 0.15) is 5.69 Å². The Morgan fingerprint density at radius 1 is 0.938 bits per heavy atom. The van der Waals surface area contributed by atoms with Gasteiger partial charge in [0.25, 0.3) is 5.91 Å². The Morgan fingerprint density at radius 2 is 1.59 bits per heavy atom. The van der Waals surface area contributed by atoms with Crippen molar-refractivity contribution in [1.29, 1.82) is 0 Å². The van der Waals surface area contributed by atoms with Gasteiger partial charge in [0.2, 0.25) is 0 Å². The normalized spacial score (nSPS) is 15.1. The van der Waals surface area contributed by atoms with Crippen molar-refractivity contribution in [2.75, 3.05) is 5.01 Å². The van der Waals surface area contributed by atoms with E-state index < -0.39 is 0 Å². The van der Waals surface area contributed by atoms with Crippen LogP contribution in [0, 0.1) is 27.7 Å². The molecule has 1 aliphatic heterocycles. The molecule has 0 N–H and O–H groups in total. The Morgan fingerprint density at radius 3 is 2.22 bits per heavy atom. The number of carbonyl (C=O) groups is 1. The number of hydrazone groups is 1. The smallest absolute Gasteiger partial charge is 0.267 e. The first kappa shape index (κ1) is 22.6. The largest absolute Gasteiger partial charge is 0.280 e. The highest BCUT2D eigenvalue weighted by molar-refractivity contribution is 6.44. The molecule has 0 aliphatic carbocycles. The summed E-state index contributed by atoms with van der Waals surface area (Å²) >= 11 is 18.6. The third-order valence-electron chi connectivity index (χ3n) is 5.47. The van der Waals surface area contributed by atoms with Crippen LogP contribution in [0.1, 0.15) is 35.0 Å². The van der Waals surface area contributed by atoms with Gasteiger partial charge >= 0.3 is 0 Å². The highest BCUT2D eigenvalue weighted by Crippen LogP contribution is 2.39.